The minimum absolute atomic E-state index is 0.193. The van der Waals surface area contributed by atoms with Crippen molar-refractivity contribution in [3.63, 3.8) is 0 Å². The van der Waals surface area contributed by atoms with Crippen molar-refractivity contribution in [1.82, 2.24) is 0 Å². The summed E-state index contributed by atoms with van der Waals surface area (Å²) in [5.41, 5.74) is 2.45. The van der Waals surface area contributed by atoms with Gasteiger partial charge in [0.1, 0.15) is 34.5 Å². The lowest BCUT2D eigenvalue weighted by atomic mass is 9.86. The summed E-state index contributed by atoms with van der Waals surface area (Å²) in [6, 6.07) is 17.6. The highest BCUT2D eigenvalue weighted by Crippen LogP contribution is 2.50. The average molecular weight is 569 g/mol. The third-order valence-electron chi connectivity index (χ3n) is 6.51. The van der Waals surface area contributed by atoms with Gasteiger partial charge in [-0.3, -0.25) is 0 Å². The Morgan fingerprint density at radius 2 is 0.675 bits per heavy atom. The SMILES string of the molecule is COc1ccc(C(C)(C)C)c(OP(Oc2cc(OC)ccc2C(C)(C)C)Oc2cc(OC)ccc2C(C)(C)C)c1. The quantitative estimate of drug-likeness (QED) is 0.240. The number of hydrogen-bond acceptors (Lipinski definition) is 6. The van der Waals surface area contributed by atoms with Gasteiger partial charge in [-0.25, -0.2) is 0 Å². The van der Waals surface area contributed by atoms with Crippen molar-refractivity contribution in [1.29, 1.82) is 0 Å². The van der Waals surface area contributed by atoms with Gasteiger partial charge >= 0.3 is 8.60 Å². The second-order valence-corrected chi connectivity index (χ2v) is 13.8. The number of rotatable bonds is 9. The second-order valence-electron chi connectivity index (χ2n) is 12.8. The highest BCUT2D eigenvalue weighted by Gasteiger charge is 2.31. The molecule has 40 heavy (non-hydrogen) atoms. The van der Waals surface area contributed by atoms with Crippen LogP contribution in [0.5, 0.6) is 34.5 Å². The summed E-state index contributed by atoms with van der Waals surface area (Å²) in [5.74, 6) is 3.97. The summed E-state index contributed by atoms with van der Waals surface area (Å²) in [6.45, 7) is 19.3. The second kappa shape index (κ2) is 12.2. The Bertz CT molecular complexity index is 1140. The van der Waals surface area contributed by atoms with Crippen molar-refractivity contribution in [2.24, 2.45) is 0 Å². The summed E-state index contributed by atoms with van der Waals surface area (Å²) in [7, 11) is 2.93. The molecule has 0 spiro atoms. The van der Waals surface area contributed by atoms with Gasteiger partial charge in [0, 0.05) is 34.9 Å². The molecule has 3 aromatic rings. The van der Waals surface area contributed by atoms with Crippen LogP contribution in [0.2, 0.25) is 0 Å². The van der Waals surface area contributed by atoms with Crippen LogP contribution >= 0.6 is 8.60 Å². The van der Waals surface area contributed by atoms with E-state index in [1.165, 1.54) is 0 Å². The number of hydrogen-bond donors (Lipinski definition) is 0. The Hall–Kier alpha value is -3.11. The molecule has 0 radical (unpaired) electrons. The van der Waals surface area contributed by atoms with Gasteiger partial charge < -0.3 is 27.8 Å². The largest absolute Gasteiger partial charge is 0.530 e. The number of methoxy groups -OCH3 is 3. The van der Waals surface area contributed by atoms with Crippen LogP contribution in [0.1, 0.15) is 79.0 Å². The van der Waals surface area contributed by atoms with Crippen molar-refractivity contribution < 1.29 is 27.8 Å². The molecule has 7 heteroatoms. The van der Waals surface area contributed by atoms with E-state index < -0.39 is 8.60 Å². The molecule has 0 N–H and O–H groups in total. The minimum Gasteiger partial charge on any atom is -0.497 e. The van der Waals surface area contributed by atoms with E-state index >= 15 is 0 Å². The third-order valence-corrected chi connectivity index (χ3v) is 7.55. The molecular weight excluding hydrogens is 523 g/mol. The molecule has 0 atom stereocenters. The monoisotopic (exact) mass is 568 g/mol. The molecule has 0 aromatic heterocycles. The number of ether oxygens (including phenoxy) is 3. The first-order valence-corrected chi connectivity index (χ1v) is 14.6. The van der Waals surface area contributed by atoms with Crippen LogP contribution < -0.4 is 27.8 Å². The fourth-order valence-corrected chi connectivity index (χ4v) is 5.32. The minimum atomic E-state index is -2.00. The van der Waals surface area contributed by atoms with Crippen LogP contribution in [0.3, 0.4) is 0 Å². The molecule has 0 aliphatic heterocycles. The Morgan fingerprint density at radius 1 is 0.425 bits per heavy atom. The van der Waals surface area contributed by atoms with Crippen molar-refractivity contribution in [3.8, 4) is 34.5 Å². The van der Waals surface area contributed by atoms with Crippen LogP contribution in [0.4, 0.5) is 0 Å². The summed E-state index contributed by atoms with van der Waals surface area (Å²) in [5, 5.41) is 0. The lowest BCUT2D eigenvalue weighted by Crippen LogP contribution is -2.17. The molecule has 3 rings (SSSR count). The summed E-state index contributed by atoms with van der Waals surface area (Å²) >= 11 is 0. The van der Waals surface area contributed by atoms with Crippen LogP contribution in [0.15, 0.2) is 54.6 Å². The van der Waals surface area contributed by atoms with E-state index in [1.54, 1.807) is 21.3 Å². The number of benzene rings is 3. The molecule has 6 nitrogen and oxygen atoms in total. The van der Waals surface area contributed by atoms with Crippen molar-refractivity contribution >= 4 is 8.60 Å². The first-order valence-electron chi connectivity index (χ1n) is 13.5. The molecule has 0 aliphatic carbocycles. The molecule has 0 heterocycles. The van der Waals surface area contributed by atoms with Crippen molar-refractivity contribution in [2.75, 3.05) is 21.3 Å². The summed E-state index contributed by atoms with van der Waals surface area (Å²) in [6.07, 6.45) is 0. The standard InChI is InChI=1S/C33H45O6P/c1-31(2,3)25-16-13-22(34-10)19-28(25)37-40(38-29-20-23(35-11)14-17-26(29)32(4,5)6)39-30-21-24(36-12)15-18-27(30)33(7,8)9/h13-21H,1-12H3. The Kier molecular flexibility index (Phi) is 9.57. The molecule has 0 amide bonds. The normalized spacial score (nSPS) is 12.2. The van der Waals surface area contributed by atoms with E-state index in [0.717, 1.165) is 16.7 Å². The van der Waals surface area contributed by atoms with E-state index in [-0.39, 0.29) is 16.2 Å². The van der Waals surface area contributed by atoms with Gasteiger partial charge in [-0.05, 0) is 34.4 Å². The first-order chi connectivity index (χ1) is 18.6. The van der Waals surface area contributed by atoms with Crippen LogP contribution in [-0.4, -0.2) is 21.3 Å². The molecule has 0 saturated heterocycles. The van der Waals surface area contributed by atoms with Gasteiger partial charge in [0.05, 0.1) is 21.3 Å². The maximum absolute atomic E-state index is 6.66. The summed E-state index contributed by atoms with van der Waals surface area (Å²) < 4.78 is 36.6. The summed E-state index contributed by atoms with van der Waals surface area (Å²) in [4.78, 5) is 0. The van der Waals surface area contributed by atoms with Crippen molar-refractivity contribution in [2.45, 2.75) is 78.6 Å². The molecule has 0 aliphatic rings. The lowest BCUT2D eigenvalue weighted by Gasteiger charge is -2.29. The molecule has 0 bridgehead atoms. The zero-order valence-corrected chi connectivity index (χ0v) is 27.0. The third kappa shape index (κ3) is 7.75. The smallest absolute Gasteiger partial charge is 0.497 e. The molecule has 3 aromatic carbocycles. The van der Waals surface area contributed by atoms with Gasteiger partial charge in [0.15, 0.2) is 0 Å². The van der Waals surface area contributed by atoms with E-state index in [1.807, 2.05) is 54.6 Å². The van der Waals surface area contributed by atoms with Gasteiger partial charge in [0.2, 0.25) is 0 Å². The van der Waals surface area contributed by atoms with E-state index in [4.69, 9.17) is 27.8 Å². The van der Waals surface area contributed by atoms with Crippen LogP contribution in [0, 0.1) is 0 Å². The Morgan fingerprint density at radius 3 is 0.875 bits per heavy atom. The fraction of sp³-hybridized carbons (Fsp3) is 0.455. The van der Waals surface area contributed by atoms with Crippen LogP contribution in [0.25, 0.3) is 0 Å². The maximum atomic E-state index is 6.66. The molecule has 218 valence electrons. The van der Waals surface area contributed by atoms with Gasteiger partial charge in [-0.15, -0.1) is 0 Å². The average Bonchev–Trinajstić information content (AvgIpc) is 2.86. The van der Waals surface area contributed by atoms with Crippen LogP contribution in [-0.2, 0) is 16.2 Å². The molecule has 0 fully saturated rings. The highest BCUT2D eigenvalue weighted by molar-refractivity contribution is 7.43. The lowest BCUT2D eigenvalue weighted by molar-refractivity contribution is 0.364. The van der Waals surface area contributed by atoms with Gasteiger partial charge in [-0.2, -0.15) is 0 Å². The fourth-order valence-electron chi connectivity index (χ4n) is 4.27. The molecule has 0 unspecified atom stereocenters. The Labute approximate surface area is 241 Å². The highest BCUT2D eigenvalue weighted by atomic mass is 31.2. The molecular formula is C33H45O6P. The topological polar surface area (TPSA) is 55.4 Å². The predicted molar refractivity (Wildman–Crippen MR) is 164 cm³/mol. The zero-order chi connectivity index (χ0) is 29.9. The van der Waals surface area contributed by atoms with Gasteiger partial charge in [-0.1, -0.05) is 80.5 Å². The molecule has 0 saturated carbocycles. The maximum Gasteiger partial charge on any atom is 0.530 e. The van der Waals surface area contributed by atoms with Gasteiger partial charge in [0.25, 0.3) is 0 Å². The Balaban J connectivity index is 2.19. The first kappa shape index (κ1) is 31.4. The van der Waals surface area contributed by atoms with E-state index in [0.29, 0.717) is 34.5 Å². The van der Waals surface area contributed by atoms with Crippen molar-refractivity contribution in [3.05, 3.63) is 71.3 Å². The van der Waals surface area contributed by atoms with E-state index in [9.17, 15) is 0 Å². The van der Waals surface area contributed by atoms with E-state index in [2.05, 4.69) is 62.3 Å². The predicted octanol–water partition coefficient (Wildman–Crippen LogP) is 9.37. The zero-order valence-electron chi connectivity index (χ0n) is 26.1.